The van der Waals surface area contributed by atoms with Crippen LogP contribution in [0.1, 0.15) is 16.6 Å². The second-order valence-corrected chi connectivity index (χ2v) is 10.2. The Labute approximate surface area is 223 Å². The predicted molar refractivity (Wildman–Crippen MR) is 129 cm³/mol. The maximum absolute atomic E-state index is 12.2. The molecular formula is C16H26N3O18P3. The van der Waals surface area contributed by atoms with Gasteiger partial charge in [-0.25, -0.2) is 18.5 Å². The molecule has 1 aliphatic rings. The van der Waals surface area contributed by atoms with Crippen LogP contribution in [0.15, 0.2) is 47.4 Å². The Hall–Kier alpha value is -2.26. The number of carbonyl (C=O) groups is 1. The molecule has 0 saturated carbocycles. The van der Waals surface area contributed by atoms with Crippen LogP contribution in [0, 0.1) is 0 Å². The van der Waals surface area contributed by atoms with E-state index in [-0.39, 0.29) is 5.82 Å². The molecule has 13 N–H and O–H groups in total. The van der Waals surface area contributed by atoms with Crippen molar-refractivity contribution < 1.29 is 82.6 Å². The van der Waals surface area contributed by atoms with Crippen LogP contribution in [-0.2, 0) is 18.4 Å². The van der Waals surface area contributed by atoms with Crippen LogP contribution in [0.25, 0.3) is 0 Å². The number of nitrogens with one attached hydrogen (secondary N) is 1. The minimum absolute atomic E-state index is 0.0434. The number of ether oxygens (including phenoxy) is 1. The normalized spacial score (nSPS) is 20.5. The van der Waals surface area contributed by atoms with Gasteiger partial charge >= 0.3 is 29.2 Å². The maximum atomic E-state index is 12.2. The van der Waals surface area contributed by atoms with Crippen LogP contribution >= 0.6 is 23.5 Å². The van der Waals surface area contributed by atoms with E-state index in [1.165, 1.54) is 12.3 Å². The van der Waals surface area contributed by atoms with Crippen molar-refractivity contribution in [1.82, 2.24) is 9.55 Å². The number of benzene rings is 1. The molecule has 1 aromatic heterocycles. The smallest absolute Gasteiger partial charge is 0.394 e. The number of anilines is 1. The molecule has 21 nitrogen and oxygen atoms in total. The molecule has 2 aromatic rings. The summed E-state index contributed by atoms with van der Waals surface area (Å²) in [5, 5.41) is 31.3. The Bertz CT molecular complexity index is 1200. The summed E-state index contributed by atoms with van der Waals surface area (Å²) in [6.45, 7) is -0.498. The third-order valence-electron chi connectivity index (χ3n) is 3.90. The number of aliphatic hydroxyl groups is 3. The van der Waals surface area contributed by atoms with Crippen LogP contribution < -0.4 is 11.0 Å². The molecule has 24 heteroatoms. The standard InChI is InChI=1S/C16H17N3O6.3H3O4P/c20-8-10-12(21)13(22)15(25-10)19-7-6-11(18-16(19)24)17-14(23)9-4-2-1-3-5-9;3*1-5(2,3)4/h1-7,10,12-13,15,20-22H,8H2,(H,17,18,23,24);3*(H3,1,2,3,4)/t10-,12-,13-,15-;;;/m1.../s1. The van der Waals surface area contributed by atoms with Gasteiger partial charge in [-0.15, -0.1) is 0 Å². The highest BCUT2D eigenvalue weighted by Crippen LogP contribution is 2.28. The number of nitrogens with zero attached hydrogens (tertiary/aromatic N) is 2. The van der Waals surface area contributed by atoms with E-state index in [0.29, 0.717) is 5.56 Å². The molecular weight excluding hydrogens is 615 g/mol. The van der Waals surface area contributed by atoms with E-state index in [0.717, 1.165) is 4.57 Å². The number of aliphatic hydroxyl groups excluding tert-OH is 3. The van der Waals surface area contributed by atoms with Gasteiger partial charge in [0.15, 0.2) is 6.23 Å². The first-order valence-corrected chi connectivity index (χ1v) is 14.6. The van der Waals surface area contributed by atoms with Gasteiger partial charge in [0.2, 0.25) is 0 Å². The summed E-state index contributed by atoms with van der Waals surface area (Å²) in [7, 11) is -13.9. The number of aromatic nitrogens is 2. The zero-order chi connectivity index (χ0) is 31.5. The van der Waals surface area contributed by atoms with Crippen molar-refractivity contribution >= 4 is 35.2 Å². The number of hydrogen-bond donors (Lipinski definition) is 13. The Morgan fingerprint density at radius 2 is 1.30 bits per heavy atom. The van der Waals surface area contributed by atoms with Gasteiger partial charge in [0.25, 0.3) is 5.91 Å². The summed E-state index contributed by atoms with van der Waals surface area (Å²) in [5.41, 5.74) is -0.363. The highest BCUT2D eigenvalue weighted by atomic mass is 31.2. The molecule has 0 aliphatic carbocycles. The van der Waals surface area contributed by atoms with Crippen molar-refractivity contribution in [1.29, 1.82) is 0 Å². The fourth-order valence-electron chi connectivity index (χ4n) is 2.56. The van der Waals surface area contributed by atoms with Gasteiger partial charge in [-0.3, -0.25) is 9.36 Å². The molecule has 1 saturated heterocycles. The van der Waals surface area contributed by atoms with E-state index in [4.69, 9.17) is 67.6 Å². The minimum Gasteiger partial charge on any atom is -0.394 e. The minimum atomic E-state index is -4.64. The van der Waals surface area contributed by atoms with E-state index >= 15 is 0 Å². The second kappa shape index (κ2) is 16.2. The molecule has 2 heterocycles. The van der Waals surface area contributed by atoms with E-state index in [2.05, 4.69) is 10.3 Å². The Morgan fingerprint density at radius 1 is 0.850 bits per heavy atom. The van der Waals surface area contributed by atoms with Gasteiger partial charge < -0.3 is 69.4 Å². The zero-order valence-corrected chi connectivity index (χ0v) is 22.3. The van der Waals surface area contributed by atoms with Gasteiger partial charge in [0, 0.05) is 11.8 Å². The highest BCUT2D eigenvalue weighted by Gasteiger charge is 2.43. The molecule has 0 unspecified atom stereocenters. The van der Waals surface area contributed by atoms with E-state index in [1.807, 2.05) is 0 Å². The fourth-order valence-corrected chi connectivity index (χ4v) is 2.56. The number of phosphoric acid groups is 3. The van der Waals surface area contributed by atoms with Gasteiger partial charge in [0.05, 0.1) is 6.61 Å². The van der Waals surface area contributed by atoms with Crippen LogP contribution in [0.4, 0.5) is 5.82 Å². The monoisotopic (exact) mass is 641 g/mol. The summed E-state index contributed by atoms with van der Waals surface area (Å²) < 4.78 is 32.9. The third-order valence-corrected chi connectivity index (χ3v) is 3.90. The first-order chi connectivity index (χ1) is 18.0. The Morgan fingerprint density at radius 3 is 1.68 bits per heavy atom. The fraction of sp³-hybridized carbons (Fsp3) is 0.312. The molecule has 1 amide bonds. The first-order valence-electron chi connectivity index (χ1n) is 9.94. The average molecular weight is 641 g/mol. The Kier molecular flexibility index (Phi) is 15.3. The lowest BCUT2D eigenvalue weighted by Gasteiger charge is -2.17. The van der Waals surface area contributed by atoms with Crippen LogP contribution in [0.5, 0.6) is 0 Å². The van der Waals surface area contributed by atoms with Crippen LogP contribution in [0.2, 0.25) is 0 Å². The van der Waals surface area contributed by atoms with Gasteiger partial charge in [-0.05, 0) is 18.2 Å². The quantitative estimate of drug-likeness (QED) is 0.143. The lowest BCUT2D eigenvalue weighted by atomic mass is 10.1. The van der Waals surface area contributed by atoms with Crippen molar-refractivity contribution in [2.75, 3.05) is 11.9 Å². The molecule has 1 fully saturated rings. The van der Waals surface area contributed by atoms with Crippen molar-refractivity contribution in [3.8, 4) is 0 Å². The van der Waals surface area contributed by atoms with E-state index in [1.54, 1.807) is 30.3 Å². The second-order valence-electron chi connectivity index (χ2n) is 7.09. The lowest BCUT2D eigenvalue weighted by molar-refractivity contribution is -0.0549. The topological polar surface area (TPSA) is 367 Å². The van der Waals surface area contributed by atoms with Crippen molar-refractivity contribution in [3.63, 3.8) is 0 Å². The molecule has 0 bridgehead atoms. The van der Waals surface area contributed by atoms with Crippen LogP contribution in [-0.4, -0.2) is 99.7 Å². The van der Waals surface area contributed by atoms with Crippen molar-refractivity contribution in [3.05, 3.63) is 58.6 Å². The number of rotatable bonds is 4. The molecule has 0 radical (unpaired) electrons. The largest absolute Gasteiger partial charge is 0.466 e. The SMILES string of the molecule is O=C(Nc1ccn([C@@H]2O[C@H](CO)[C@@H](O)[C@H]2O)c(=O)n1)c1ccccc1.O=P(O)(O)O.O=P(O)(O)O.O=P(O)(O)O. The Balaban J connectivity index is 0.000000836. The summed E-state index contributed by atoms with van der Waals surface area (Å²) in [6.07, 6.45) is -3.59. The van der Waals surface area contributed by atoms with Crippen molar-refractivity contribution in [2.24, 2.45) is 0 Å². The van der Waals surface area contributed by atoms with Gasteiger partial charge in [-0.1, -0.05) is 18.2 Å². The van der Waals surface area contributed by atoms with E-state index < -0.39 is 66.2 Å². The molecule has 0 spiro atoms. The number of hydrogen-bond acceptors (Lipinski definition) is 10. The third kappa shape index (κ3) is 18.2. The number of amides is 1. The summed E-state index contributed by atoms with van der Waals surface area (Å²) in [6, 6.07) is 9.81. The molecule has 228 valence electrons. The van der Waals surface area contributed by atoms with Gasteiger partial charge in [-0.2, -0.15) is 4.98 Å². The van der Waals surface area contributed by atoms with Crippen LogP contribution in [0.3, 0.4) is 0 Å². The summed E-state index contributed by atoms with van der Waals surface area (Å²) in [5.74, 6) is -0.375. The molecule has 40 heavy (non-hydrogen) atoms. The molecule has 4 atom stereocenters. The predicted octanol–water partition coefficient (Wildman–Crippen LogP) is -3.68. The highest BCUT2D eigenvalue weighted by molar-refractivity contribution is 7.45. The zero-order valence-electron chi connectivity index (χ0n) is 19.6. The molecule has 3 rings (SSSR count). The van der Waals surface area contributed by atoms with Crippen molar-refractivity contribution in [2.45, 2.75) is 24.5 Å². The average Bonchev–Trinajstić information content (AvgIpc) is 3.05. The van der Waals surface area contributed by atoms with E-state index in [9.17, 15) is 19.8 Å². The first kappa shape index (κ1) is 37.7. The number of carbonyl (C=O) groups excluding carboxylic acids is 1. The lowest BCUT2D eigenvalue weighted by Crippen LogP contribution is -2.36. The maximum Gasteiger partial charge on any atom is 0.466 e. The summed E-state index contributed by atoms with van der Waals surface area (Å²) >= 11 is 0. The molecule has 1 aromatic carbocycles. The molecule has 1 aliphatic heterocycles. The summed E-state index contributed by atoms with van der Waals surface area (Å²) in [4.78, 5) is 92.6. The van der Waals surface area contributed by atoms with Gasteiger partial charge in [0.1, 0.15) is 24.1 Å².